The standard InChI is InChI=1S/C14H19N3OS2/c1-2-5-15-12-9-19-8-11(12)14-16-13(17-18-14)7-10-4-3-6-20-10/h3-4,6,11-12,15H,2,5,7-9H2,1H3. The molecule has 2 unspecified atom stereocenters. The number of thioether (sulfide) groups is 1. The highest BCUT2D eigenvalue weighted by Crippen LogP contribution is 2.32. The SMILES string of the molecule is CCCNC1CSCC1c1nc(Cc2cccs2)no1. The van der Waals surface area contributed by atoms with Crippen LogP contribution in [-0.4, -0.2) is 34.2 Å². The van der Waals surface area contributed by atoms with Crippen molar-refractivity contribution in [3.05, 3.63) is 34.1 Å². The summed E-state index contributed by atoms with van der Waals surface area (Å²) in [4.78, 5) is 5.88. The van der Waals surface area contributed by atoms with Crippen molar-refractivity contribution in [3.8, 4) is 0 Å². The number of thiophene rings is 1. The first-order chi connectivity index (χ1) is 9.86. The lowest BCUT2D eigenvalue weighted by atomic mass is 10.0. The summed E-state index contributed by atoms with van der Waals surface area (Å²) >= 11 is 3.69. The van der Waals surface area contributed by atoms with E-state index in [9.17, 15) is 0 Å². The Morgan fingerprint density at radius 3 is 3.20 bits per heavy atom. The maximum Gasteiger partial charge on any atom is 0.232 e. The van der Waals surface area contributed by atoms with Gasteiger partial charge < -0.3 is 9.84 Å². The predicted octanol–water partition coefficient (Wildman–Crippen LogP) is 2.92. The summed E-state index contributed by atoms with van der Waals surface area (Å²) < 4.78 is 5.50. The molecule has 2 aromatic rings. The van der Waals surface area contributed by atoms with Gasteiger partial charge in [-0.1, -0.05) is 18.1 Å². The van der Waals surface area contributed by atoms with Crippen LogP contribution in [0.3, 0.4) is 0 Å². The van der Waals surface area contributed by atoms with Crippen molar-refractivity contribution in [2.45, 2.75) is 31.7 Å². The minimum Gasteiger partial charge on any atom is -0.339 e. The molecule has 0 bridgehead atoms. The van der Waals surface area contributed by atoms with Crippen molar-refractivity contribution in [2.24, 2.45) is 0 Å². The van der Waals surface area contributed by atoms with Crippen molar-refractivity contribution in [1.29, 1.82) is 0 Å². The Morgan fingerprint density at radius 2 is 2.40 bits per heavy atom. The monoisotopic (exact) mass is 309 g/mol. The largest absolute Gasteiger partial charge is 0.339 e. The van der Waals surface area contributed by atoms with Gasteiger partial charge in [-0.05, 0) is 24.4 Å². The normalized spacial score (nSPS) is 22.4. The lowest BCUT2D eigenvalue weighted by Gasteiger charge is -2.16. The van der Waals surface area contributed by atoms with Gasteiger partial charge in [0.1, 0.15) is 0 Å². The van der Waals surface area contributed by atoms with Gasteiger partial charge in [0.25, 0.3) is 0 Å². The molecular weight excluding hydrogens is 290 g/mol. The van der Waals surface area contributed by atoms with Gasteiger partial charge in [-0.15, -0.1) is 11.3 Å². The molecule has 2 aromatic heterocycles. The van der Waals surface area contributed by atoms with Crippen LogP contribution in [-0.2, 0) is 6.42 Å². The summed E-state index contributed by atoms with van der Waals surface area (Å²) in [5.41, 5.74) is 0. The van der Waals surface area contributed by atoms with Crippen molar-refractivity contribution in [2.75, 3.05) is 18.1 Å². The molecule has 0 radical (unpaired) electrons. The van der Waals surface area contributed by atoms with E-state index in [1.165, 1.54) is 4.88 Å². The fraction of sp³-hybridized carbons (Fsp3) is 0.571. The molecule has 0 spiro atoms. The highest BCUT2D eigenvalue weighted by molar-refractivity contribution is 7.99. The molecule has 6 heteroatoms. The van der Waals surface area contributed by atoms with E-state index in [2.05, 4.69) is 39.9 Å². The van der Waals surface area contributed by atoms with Gasteiger partial charge in [0.15, 0.2) is 5.82 Å². The molecule has 1 aliphatic rings. The summed E-state index contributed by atoms with van der Waals surface area (Å²) in [6, 6.07) is 4.63. The third kappa shape index (κ3) is 3.24. The summed E-state index contributed by atoms with van der Waals surface area (Å²) in [7, 11) is 0. The highest BCUT2D eigenvalue weighted by atomic mass is 32.2. The van der Waals surface area contributed by atoms with Gasteiger partial charge in [0.2, 0.25) is 5.89 Å². The van der Waals surface area contributed by atoms with E-state index in [1.54, 1.807) is 11.3 Å². The molecule has 1 fully saturated rings. The Balaban J connectivity index is 1.66. The first kappa shape index (κ1) is 14.1. The smallest absolute Gasteiger partial charge is 0.232 e. The molecule has 20 heavy (non-hydrogen) atoms. The molecule has 0 amide bonds. The third-order valence-corrected chi connectivity index (χ3v) is 5.52. The van der Waals surface area contributed by atoms with E-state index < -0.39 is 0 Å². The second-order valence-corrected chi connectivity index (χ2v) is 7.12. The summed E-state index contributed by atoms with van der Waals surface area (Å²) in [5.74, 6) is 4.16. The Bertz CT molecular complexity index is 526. The van der Waals surface area contributed by atoms with Gasteiger partial charge in [-0.2, -0.15) is 16.7 Å². The van der Waals surface area contributed by atoms with Crippen molar-refractivity contribution >= 4 is 23.1 Å². The summed E-state index contributed by atoms with van der Waals surface area (Å²) in [5, 5.41) is 9.80. The van der Waals surface area contributed by atoms with Crippen LogP contribution in [0.5, 0.6) is 0 Å². The zero-order chi connectivity index (χ0) is 13.8. The van der Waals surface area contributed by atoms with E-state index in [1.807, 2.05) is 11.8 Å². The number of nitrogens with zero attached hydrogens (tertiary/aromatic N) is 2. The van der Waals surface area contributed by atoms with E-state index in [0.29, 0.717) is 12.0 Å². The van der Waals surface area contributed by atoms with Gasteiger partial charge >= 0.3 is 0 Å². The number of aromatic nitrogens is 2. The number of hydrogen-bond acceptors (Lipinski definition) is 6. The van der Waals surface area contributed by atoms with Gasteiger partial charge in [-0.25, -0.2) is 0 Å². The second-order valence-electron chi connectivity index (χ2n) is 5.01. The highest BCUT2D eigenvalue weighted by Gasteiger charge is 2.33. The van der Waals surface area contributed by atoms with Crippen LogP contribution in [0.25, 0.3) is 0 Å². The molecule has 108 valence electrons. The zero-order valence-corrected chi connectivity index (χ0v) is 13.2. The predicted molar refractivity (Wildman–Crippen MR) is 83.6 cm³/mol. The van der Waals surface area contributed by atoms with Gasteiger partial charge in [0, 0.05) is 28.8 Å². The Labute approximate surface area is 127 Å². The average molecular weight is 309 g/mol. The van der Waals surface area contributed by atoms with Crippen molar-refractivity contribution in [1.82, 2.24) is 15.5 Å². The molecule has 2 atom stereocenters. The van der Waals surface area contributed by atoms with Gasteiger partial charge in [-0.3, -0.25) is 0 Å². The van der Waals surface area contributed by atoms with Crippen LogP contribution in [0.4, 0.5) is 0 Å². The Hall–Kier alpha value is -0.850. The van der Waals surface area contributed by atoms with E-state index in [4.69, 9.17) is 4.52 Å². The minimum absolute atomic E-state index is 0.358. The molecule has 0 aliphatic carbocycles. The van der Waals surface area contributed by atoms with Crippen LogP contribution >= 0.6 is 23.1 Å². The first-order valence-corrected chi connectivity index (χ1v) is 9.06. The number of rotatable bonds is 6. The average Bonchev–Trinajstić information content (AvgIpc) is 3.17. The lowest BCUT2D eigenvalue weighted by Crippen LogP contribution is -2.34. The number of hydrogen-bond donors (Lipinski definition) is 1. The summed E-state index contributed by atoms with van der Waals surface area (Å²) in [6.07, 6.45) is 1.93. The van der Waals surface area contributed by atoms with Crippen molar-refractivity contribution in [3.63, 3.8) is 0 Å². The van der Waals surface area contributed by atoms with E-state index in [0.717, 1.165) is 42.6 Å². The lowest BCUT2D eigenvalue weighted by molar-refractivity contribution is 0.336. The van der Waals surface area contributed by atoms with Crippen LogP contribution < -0.4 is 5.32 Å². The molecule has 1 N–H and O–H groups in total. The van der Waals surface area contributed by atoms with Crippen molar-refractivity contribution < 1.29 is 4.52 Å². The molecular formula is C14H19N3OS2. The van der Waals surface area contributed by atoms with Crippen LogP contribution in [0, 0.1) is 0 Å². The zero-order valence-electron chi connectivity index (χ0n) is 11.5. The Kier molecular flexibility index (Phi) is 4.75. The molecule has 1 aliphatic heterocycles. The molecule has 3 rings (SSSR count). The maximum atomic E-state index is 5.50. The fourth-order valence-corrected chi connectivity index (χ4v) is 4.46. The quantitative estimate of drug-likeness (QED) is 0.889. The fourth-order valence-electron chi connectivity index (χ4n) is 2.39. The molecule has 3 heterocycles. The molecule has 0 saturated carbocycles. The topological polar surface area (TPSA) is 51.0 Å². The van der Waals surface area contributed by atoms with E-state index >= 15 is 0 Å². The van der Waals surface area contributed by atoms with Crippen LogP contribution in [0.2, 0.25) is 0 Å². The Morgan fingerprint density at radius 1 is 1.45 bits per heavy atom. The molecule has 0 aromatic carbocycles. The second kappa shape index (κ2) is 6.74. The number of nitrogens with one attached hydrogen (secondary N) is 1. The first-order valence-electron chi connectivity index (χ1n) is 7.02. The molecule has 4 nitrogen and oxygen atoms in total. The van der Waals surface area contributed by atoms with Crippen LogP contribution in [0.15, 0.2) is 22.0 Å². The van der Waals surface area contributed by atoms with Crippen LogP contribution in [0.1, 0.15) is 35.9 Å². The molecule has 1 saturated heterocycles. The third-order valence-electron chi connectivity index (χ3n) is 3.45. The summed E-state index contributed by atoms with van der Waals surface area (Å²) in [6.45, 7) is 3.24. The van der Waals surface area contributed by atoms with E-state index in [-0.39, 0.29) is 0 Å². The van der Waals surface area contributed by atoms with Gasteiger partial charge in [0.05, 0.1) is 5.92 Å². The maximum absolute atomic E-state index is 5.50. The minimum atomic E-state index is 0.358.